The highest BCUT2D eigenvalue weighted by Crippen LogP contribution is 2.43. The number of halogens is 1. The molecule has 1 saturated heterocycles. The molecule has 3 aromatic heterocycles. The van der Waals surface area contributed by atoms with E-state index in [4.69, 9.17) is 28.6 Å². The first-order valence-electron chi connectivity index (χ1n) is 11.7. The number of aryl methyl sites for hydroxylation is 1. The van der Waals surface area contributed by atoms with Crippen LogP contribution in [0.3, 0.4) is 0 Å². The second-order valence-corrected chi connectivity index (χ2v) is 9.43. The molecule has 5 rings (SSSR count). The van der Waals surface area contributed by atoms with Crippen LogP contribution in [-0.2, 0) is 9.53 Å². The zero-order chi connectivity index (χ0) is 25.9. The summed E-state index contributed by atoms with van der Waals surface area (Å²) in [6, 6.07) is 18.9. The van der Waals surface area contributed by atoms with Gasteiger partial charge in [-0.1, -0.05) is 23.7 Å². The Bertz CT molecular complexity index is 1430. The Hall–Kier alpha value is -3.79. The predicted octanol–water partition coefficient (Wildman–Crippen LogP) is 4.99. The fourth-order valence-corrected chi connectivity index (χ4v) is 5.02. The lowest BCUT2D eigenvalue weighted by Crippen LogP contribution is -2.30. The zero-order valence-corrected chi connectivity index (χ0v) is 21.8. The largest absolute Gasteiger partial charge is 0.375 e. The fraction of sp³-hybridized carbons (Fsp3) is 0.185. The number of ether oxygens (including phenoxy) is 1. The van der Waals surface area contributed by atoms with Gasteiger partial charge in [0.15, 0.2) is 5.11 Å². The average molecular weight is 533 g/mol. The number of nitrogens with zero attached hydrogens (tertiary/aromatic N) is 4. The molecule has 1 aromatic carbocycles. The van der Waals surface area contributed by atoms with Gasteiger partial charge in [0.05, 0.1) is 22.4 Å². The average Bonchev–Trinajstić information content (AvgIpc) is 3.51. The molecule has 2 N–H and O–H groups in total. The van der Waals surface area contributed by atoms with Crippen molar-refractivity contribution < 1.29 is 9.53 Å². The van der Waals surface area contributed by atoms with E-state index in [0.29, 0.717) is 15.8 Å². The van der Waals surface area contributed by atoms with Gasteiger partial charge >= 0.3 is 0 Å². The third-order valence-corrected chi connectivity index (χ3v) is 6.73. The van der Waals surface area contributed by atoms with Crippen molar-refractivity contribution in [3.63, 3.8) is 0 Å². The molecule has 1 aliphatic heterocycles. The highest BCUT2D eigenvalue weighted by molar-refractivity contribution is 7.80. The van der Waals surface area contributed by atoms with Crippen LogP contribution in [0.25, 0.3) is 5.82 Å². The Morgan fingerprint density at radius 1 is 1.16 bits per heavy atom. The summed E-state index contributed by atoms with van der Waals surface area (Å²) in [5, 5.41) is 7.15. The number of hydrogen-bond donors (Lipinski definition) is 2. The Balaban J connectivity index is 1.58. The van der Waals surface area contributed by atoms with E-state index in [-0.39, 0.29) is 24.6 Å². The van der Waals surface area contributed by atoms with E-state index in [9.17, 15) is 4.79 Å². The van der Waals surface area contributed by atoms with Crippen LogP contribution >= 0.6 is 23.8 Å². The lowest BCUT2D eigenvalue weighted by Gasteiger charge is -2.29. The quantitative estimate of drug-likeness (QED) is 0.324. The van der Waals surface area contributed by atoms with Gasteiger partial charge in [-0.3, -0.25) is 9.78 Å². The van der Waals surface area contributed by atoms with Crippen LogP contribution in [0, 0.1) is 6.92 Å². The molecule has 2 atom stereocenters. The van der Waals surface area contributed by atoms with Crippen molar-refractivity contribution in [1.82, 2.24) is 19.9 Å². The van der Waals surface area contributed by atoms with Gasteiger partial charge in [0.25, 0.3) is 0 Å². The van der Waals surface area contributed by atoms with Gasteiger partial charge < -0.3 is 24.8 Å². The molecule has 0 radical (unpaired) electrons. The van der Waals surface area contributed by atoms with Crippen molar-refractivity contribution in [2.45, 2.75) is 19.0 Å². The Morgan fingerprint density at radius 3 is 2.73 bits per heavy atom. The number of anilines is 2. The number of pyridine rings is 2. The number of methoxy groups -OCH3 is 1. The van der Waals surface area contributed by atoms with Crippen LogP contribution in [0.1, 0.15) is 29.0 Å². The van der Waals surface area contributed by atoms with Gasteiger partial charge in [-0.2, -0.15) is 0 Å². The van der Waals surface area contributed by atoms with E-state index < -0.39 is 0 Å². The number of carbonyl (C=O) groups excluding carboxylic acids is 1. The third-order valence-electron chi connectivity index (χ3n) is 6.10. The van der Waals surface area contributed by atoms with Gasteiger partial charge in [0.2, 0.25) is 5.91 Å². The standard InChI is InChI=1S/C27H25ClN6O2S/c1-17-8-11-23(30-15-17)33-13-5-7-22(33)26-25(21-6-3-4-12-29-21)32-27(37)34(26)18-9-10-20(19(28)14-18)31-24(35)16-36-2/h3-15,25-26H,16H2,1-2H3,(H,31,35)(H,32,37). The van der Waals surface area contributed by atoms with Crippen molar-refractivity contribution >= 4 is 46.2 Å². The van der Waals surface area contributed by atoms with Crippen LogP contribution in [-0.4, -0.2) is 39.3 Å². The van der Waals surface area contributed by atoms with Gasteiger partial charge in [0.1, 0.15) is 18.5 Å². The number of hydrogen-bond acceptors (Lipinski definition) is 5. The van der Waals surface area contributed by atoms with Crippen LogP contribution in [0.15, 0.2) is 79.3 Å². The monoisotopic (exact) mass is 532 g/mol. The van der Waals surface area contributed by atoms with E-state index in [1.54, 1.807) is 18.3 Å². The Labute approximate surface area is 225 Å². The first kappa shape index (κ1) is 24.9. The molecule has 4 heterocycles. The molecule has 1 aliphatic rings. The van der Waals surface area contributed by atoms with Crippen LogP contribution in [0.4, 0.5) is 11.4 Å². The topological polar surface area (TPSA) is 84.3 Å². The predicted molar refractivity (Wildman–Crippen MR) is 148 cm³/mol. The second-order valence-electron chi connectivity index (χ2n) is 8.64. The summed E-state index contributed by atoms with van der Waals surface area (Å²) in [7, 11) is 1.46. The van der Waals surface area contributed by atoms with Crippen molar-refractivity contribution in [2.24, 2.45) is 0 Å². The minimum atomic E-state index is -0.285. The van der Waals surface area contributed by atoms with Crippen molar-refractivity contribution in [3.05, 3.63) is 101 Å². The molecule has 4 aromatic rings. The van der Waals surface area contributed by atoms with E-state index >= 15 is 0 Å². The summed E-state index contributed by atoms with van der Waals surface area (Å²) in [4.78, 5) is 23.3. The summed E-state index contributed by atoms with van der Waals surface area (Å²) in [5.41, 5.74) is 4.20. The maximum atomic E-state index is 12.0. The highest BCUT2D eigenvalue weighted by atomic mass is 35.5. The minimum Gasteiger partial charge on any atom is -0.375 e. The van der Waals surface area contributed by atoms with Crippen LogP contribution < -0.4 is 15.5 Å². The Morgan fingerprint density at radius 2 is 2.03 bits per heavy atom. The number of carbonyl (C=O) groups is 1. The molecule has 0 aliphatic carbocycles. The molecule has 37 heavy (non-hydrogen) atoms. The number of aromatic nitrogens is 3. The molecule has 0 bridgehead atoms. The van der Waals surface area contributed by atoms with Crippen molar-refractivity contribution in [1.29, 1.82) is 0 Å². The molecule has 1 amide bonds. The second kappa shape index (κ2) is 10.7. The van der Waals surface area contributed by atoms with Gasteiger partial charge in [-0.05, 0) is 73.2 Å². The lowest BCUT2D eigenvalue weighted by atomic mass is 10.0. The smallest absolute Gasteiger partial charge is 0.250 e. The summed E-state index contributed by atoms with van der Waals surface area (Å²) >= 11 is 12.4. The summed E-state index contributed by atoms with van der Waals surface area (Å²) in [6.07, 6.45) is 5.61. The van der Waals surface area contributed by atoms with E-state index in [0.717, 1.165) is 28.5 Å². The first-order chi connectivity index (χ1) is 18.0. The summed E-state index contributed by atoms with van der Waals surface area (Å²) in [6.45, 7) is 1.95. The minimum absolute atomic E-state index is 0.0594. The summed E-state index contributed by atoms with van der Waals surface area (Å²) in [5.74, 6) is 0.518. The highest BCUT2D eigenvalue weighted by Gasteiger charge is 2.42. The SMILES string of the molecule is COCC(=O)Nc1ccc(N2C(=S)NC(c3ccccn3)C2c2cccn2-c2ccc(C)cn2)cc1Cl. The number of benzene rings is 1. The molecule has 0 spiro atoms. The third kappa shape index (κ3) is 5.06. The van der Waals surface area contributed by atoms with Gasteiger partial charge in [-0.15, -0.1) is 0 Å². The molecular weight excluding hydrogens is 508 g/mol. The molecular formula is C27H25ClN6O2S. The number of rotatable bonds is 7. The van der Waals surface area contributed by atoms with Crippen molar-refractivity contribution in [3.8, 4) is 5.82 Å². The zero-order valence-electron chi connectivity index (χ0n) is 20.3. The first-order valence-corrected chi connectivity index (χ1v) is 12.4. The number of nitrogens with one attached hydrogen (secondary N) is 2. The maximum absolute atomic E-state index is 12.0. The van der Waals surface area contributed by atoms with Crippen LogP contribution in [0.5, 0.6) is 0 Å². The fourth-order valence-electron chi connectivity index (χ4n) is 4.45. The normalized spacial score (nSPS) is 17.1. The molecule has 0 saturated carbocycles. The van der Waals surface area contributed by atoms with E-state index in [1.807, 2.05) is 66.7 Å². The summed E-state index contributed by atoms with van der Waals surface area (Å²) < 4.78 is 6.96. The number of amides is 1. The van der Waals surface area contributed by atoms with E-state index in [1.165, 1.54) is 7.11 Å². The molecule has 10 heteroatoms. The Kier molecular flexibility index (Phi) is 7.18. The molecule has 2 unspecified atom stereocenters. The van der Waals surface area contributed by atoms with Crippen molar-refractivity contribution in [2.75, 3.05) is 23.9 Å². The maximum Gasteiger partial charge on any atom is 0.250 e. The van der Waals surface area contributed by atoms with Crippen LogP contribution in [0.2, 0.25) is 5.02 Å². The molecule has 188 valence electrons. The van der Waals surface area contributed by atoms with Gasteiger partial charge in [0, 0.05) is 37.1 Å². The molecule has 1 fully saturated rings. The van der Waals surface area contributed by atoms with Gasteiger partial charge in [-0.25, -0.2) is 4.98 Å². The van der Waals surface area contributed by atoms with E-state index in [2.05, 4.69) is 31.2 Å². The molecule has 8 nitrogen and oxygen atoms in total. The lowest BCUT2D eigenvalue weighted by molar-refractivity contribution is -0.119. The number of thiocarbonyl (C=S) groups is 1.